The Bertz CT molecular complexity index is 234. The first-order valence-electron chi connectivity index (χ1n) is 4.52. The Labute approximate surface area is 77.1 Å². The quantitative estimate of drug-likeness (QED) is 0.624. The highest BCUT2D eigenvalue weighted by Crippen LogP contribution is 2.43. The third-order valence-electron chi connectivity index (χ3n) is 3.13. The third-order valence-corrected chi connectivity index (χ3v) is 3.13. The second-order valence-electron chi connectivity index (χ2n) is 3.83. The van der Waals surface area contributed by atoms with Crippen LogP contribution in [-0.4, -0.2) is 37.1 Å². The van der Waals surface area contributed by atoms with E-state index < -0.39 is 11.0 Å². The van der Waals surface area contributed by atoms with Gasteiger partial charge in [-0.05, 0) is 6.42 Å². The summed E-state index contributed by atoms with van der Waals surface area (Å²) in [6, 6.07) is 2.20. The predicted octanol–water partition coefficient (Wildman–Crippen LogP) is 0.0681. The number of nitrogens with zero attached hydrogens (tertiary/aromatic N) is 1. The van der Waals surface area contributed by atoms with Crippen LogP contribution >= 0.6 is 0 Å². The lowest BCUT2D eigenvalue weighted by Crippen LogP contribution is -2.48. The minimum atomic E-state index is -0.988. The molecule has 2 aliphatic heterocycles. The molecule has 0 saturated carbocycles. The van der Waals surface area contributed by atoms with Gasteiger partial charge in [0.2, 0.25) is 0 Å². The second kappa shape index (κ2) is 2.95. The first kappa shape index (κ1) is 8.95. The van der Waals surface area contributed by atoms with Crippen molar-refractivity contribution < 1.29 is 14.6 Å². The van der Waals surface area contributed by atoms with E-state index in [1.807, 2.05) is 0 Å². The summed E-state index contributed by atoms with van der Waals surface area (Å²) >= 11 is 0. The van der Waals surface area contributed by atoms with Gasteiger partial charge >= 0.3 is 0 Å². The lowest BCUT2D eigenvalue weighted by molar-refractivity contribution is -0.0608. The van der Waals surface area contributed by atoms with Crippen LogP contribution in [-0.2, 0) is 9.47 Å². The molecule has 0 aromatic carbocycles. The van der Waals surface area contributed by atoms with Gasteiger partial charge in [-0.3, -0.25) is 0 Å². The van der Waals surface area contributed by atoms with E-state index >= 15 is 0 Å². The van der Waals surface area contributed by atoms with Crippen LogP contribution in [0.4, 0.5) is 0 Å². The minimum Gasteiger partial charge on any atom is -0.386 e. The van der Waals surface area contributed by atoms with Crippen LogP contribution in [0, 0.1) is 16.7 Å². The average Bonchev–Trinajstić information content (AvgIpc) is 2.73. The van der Waals surface area contributed by atoms with Gasteiger partial charge in [-0.1, -0.05) is 0 Å². The number of hydrogen-bond donors (Lipinski definition) is 1. The first-order valence-corrected chi connectivity index (χ1v) is 4.52. The van der Waals surface area contributed by atoms with Gasteiger partial charge in [-0.2, -0.15) is 5.26 Å². The molecule has 2 fully saturated rings. The van der Waals surface area contributed by atoms with Crippen molar-refractivity contribution in [3.05, 3.63) is 0 Å². The molecule has 72 valence electrons. The molecule has 2 rings (SSSR count). The number of aliphatic hydroxyl groups is 1. The van der Waals surface area contributed by atoms with E-state index in [0.29, 0.717) is 32.7 Å². The molecule has 2 heterocycles. The fraction of sp³-hybridized carbons (Fsp3) is 0.889. The molecule has 0 aliphatic carbocycles. The zero-order valence-electron chi connectivity index (χ0n) is 7.45. The second-order valence-corrected chi connectivity index (χ2v) is 3.83. The molecule has 2 saturated heterocycles. The monoisotopic (exact) mass is 183 g/mol. The van der Waals surface area contributed by atoms with Crippen LogP contribution < -0.4 is 0 Å². The molecule has 0 spiro atoms. The van der Waals surface area contributed by atoms with Gasteiger partial charge in [-0.25, -0.2) is 0 Å². The Morgan fingerprint density at radius 2 is 1.85 bits per heavy atom. The molecular formula is C9H13NO3. The SMILES string of the molecule is N#CC1(C2(O)CCOC2)CCOC1. The maximum atomic E-state index is 10.2. The van der Waals surface area contributed by atoms with E-state index in [0.717, 1.165) is 0 Å². The molecule has 13 heavy (non-hydrogen) atoms. The molecule has 2 unspecified atom stereocenters. The summed E-state index contributed by atoms with van der Waals surface area (Å²) in [5, 5.41) is 19.3. The van der Waals surface area contributed by atoms with Crippen molar-refractivity contribution in [3.63, 3.8) is 0 Å². The minimum absolute atomic E-state index is 0.268. The van der Waals surface area contributed by atoms with Crippen molar-refractivity contribution in [2.45, 2.75) is 18.4 Å². The number of ether oxygens (including phenoxy) is 2. The summed E-state index contributed by atoms with van der Waals surface area (Å²) in [7, 11) is 0. The van der Waals surface area contributed by atoms with Gasteiger partial charge in [0.25, 0.3) is 0 Å². The van der Waals surface area contributed by atoms with Crippen molar-refractivity contribution in [2.75, 3.05) is 26.4 Å². The molecule has 4 nitrogen and oxygen atoms in total. The Morgan fingerprint density at radius 1 is 1.15 bits per heavy atom. The Balaban J connectivity index is 2.25. The van der Waals surface area contributed by atoms with Crippen molar-refractivity contribution >= 4 is 0 Å². The smallest absolute Gasteiger partial charge is 0.114 e. The van der Waals surface area contributed by atoms with E-state index in [1.165, 1.54) is 0 Å². The maximum absolute atomic E-state index is 10.2. The normalized spacial score (nSPS) is 44.9. The summed E-state index contributed by atoms with van der Waals surface area (Å²) < 4.78 is 10.3. The van der Waals surface area contributed by atoms with E-state index in [2.05, 4.69) is 6.07 Å². The molecule has 0 bridgehead atoms. The molecule has 0 amide bonds. The Kier molecular flexibility index (Phi) is 2.03. The summed E-state index contributed by atoms with van der Waals surface area (Å²) in [6.07, 6.45) is 1.16. The lowest BCUT2D eigenvalue weighted by atomic mass is 9.72. The number of hydrogen-bond acceptors (Lipinski definition) is 4. The van der Waals surface area contributed by atoms with E-state index in [4.69, 9.17) is 14.7 Å². The average molecular weight is 183 g/mol. The summed E-state index contributed by atoms with van der Waals surface area (Å²) in [6.45, 7) is 1.71. The number of nitriles is 1. The van der Waals surface area contributed by atoms with Crippen LogP contribution in [0.1, 0.15) is 12.8 Å². The van der Waals surface area contributed by atoms with Crippen LogP contribution in [0.5, 0.6) is 0 Å². The summed E-state index contributed by atoms with van der Waals surface area (Å²) in [5.74, 6) is 0. The zero-order valence-corrected chi connectivity index (χ0v) is 7.45. The van der Waals surface area contributed by atoms with Gasteiger partial charge in [-0.15, -0.1) is 0 Å². The number of rotatable bonds is 1. The molecule has 2 aliphatic rings. The van der Waals surface area contributed by atoms with Gasteiger partial charge in [0, 0.05) is 19.6 Å². The highest BCUT2D eigenvalue weighted by atomic mass is 16.5. The topological polar surface area (TPSA) is 62.5 Å². The van der Waals surface area contributed by atoms with Crippen LogP contribution in [0.2, 0.25) is 0 Å². The maximum Gasteiger partial charge on any atom is 0.114 e. The highest BCUT2D eigenvalue weighted by Gasteiger charge is 2.55. The van der Waals surface area contributed by atoms with Gasteiger partial charge in [0.05, 0.1) is 19.3 Å². The van der Waals surface area contributed by atoms with Gasteiger partial charge in [0.15, 0.2) is 0 Å². The zero-order chi connectivity index (χ0) is 9.36. The van der Waals surface area contributed by atoms with E-state index in [1.54, 1.807) is 0 Å². The van der Waals surface area contributed by atoms with E-state index in [-0.39, 0.29) is 6.61 Å². The predicted molar refractivity (Wildman–Crippen MR) is 43.9 cm³/mol. The fourth-order valence-electron chi connectivity index (χ4n) is 2.06. The lowest BCUT2D eigenvalue weighted by Gasteiger charge is -2.34. The molecule has 4 heteroatoms. The van der Waals surface area contributed by atoms with Gasteiger partial charge in [0.1, 0.15) is 11.0 Å². The van der Waals surface area contributed by atoms with Crippen molar-refractivity contribution in [1.29, 1.82) is 5.26 Å². The van der Waals surface area contributed by atoms with Crippen molar-refractivity contribution in [1.82, 2.24) is 0 Å². The highest BCUT2D eigenvalue weighted by molar-refractivity contribution is 5.14. The Morgan fingerprint density at radius 3 is 2.31 bits per heavy atom. The molecule has 0 aromatic heterocycles. The summed E-state index contributed by atoms with van der Waals surface area (Å²) in [4.78, 5) is 0. The van der Waals surface area contributed by atoms with Gasteiger partial charge < -0.3 is 14.6 Å². The van der Waals surface area contributed by atoms with Crippen LogP contribution in [0.3, 0.4) is 0 Å². The molecule has 0 radical (unpaired) electrons. The largest absolute Gasteiger partial charge is 0.386 e. The van der Waals surface area contributed by atoms with Crippen LogP contribution in [0.15, 0.2) is 0 Å². The molecule has 1 N–H and O–H groups in total. The van der Waals surface area contributed by atoms with Crippen molar-refractivity contribution in [3.8, 4) is 6.07 Å². The molecular weight excluding hydrogens is 170 g/mol. The third kappa shape index (κ3) is 1.16. The molecule has 0 aromatic rings. The van der Waals surface area contributed by atoms with Crippen LogP contribution in [0.25, 0.3) is 0 Å². The summed E-state index contributed by atoms with van der Waals surface area (Å²) in [5.41, 5.74) is -1.72. The Hall–Kier alpha value is -0.630. The standard InChI is InChI=1S/C9H13NO3/c10-5-8(1-3-12-6-8)9(11)2-4-13-7-9/h11H,1-4,6-7H2. The van der Waals surface area contributed by atoms with E-state index in [9.17, 15) is 5.11 Å². The molecule has 2 atom stereocenters. The van der Waals surface area contributed by atoms with Crippen molar-refractivity contribution in [2.24, 2.45) is 5.41 Å². The fourth-order valence-corrected chi connectivity index (χ4v) is 2.06. The first-order chi connectivity index (χ1) is 6.22.